The summed E-state index contributed by atoms with van der Waals surface area (Å²) >= 11 is 0. The summed E-state index contributed by atoms with van der Waals surface area (Å²) in [5, 5.41) is 15.1. The van der Waals surface area contributed by atoms with Gasteiger partial charge in [-0.15, -0.1) is 0 Å². The van der Waals surface area contributed by atoms with E-state index in [1.54, 1.807) is 24.3 Å². The Morgan fingerprint density at radius 1 is 1.16 bits per heavy atom. The molecule has 5 heteroatoms. The third-order valence-corrected chi connectivity index (χ3v) is 3.76. The predicted molar refractivity (Wildman–Crippen MR) is 99.6 cm³/mol. The molecular formula is C20H21N3O2. The molecule has 2 aromatic carbocycles. The van der Waals surface area contributed by atoms with E-state index in [0.29, 0.717) is 11.4 Å². The van der Waals surface area contributed by atoms with E-state index in [0.717, 1.165) is 16.8 Å². The highest BCUT2D eigenvalue weighted by Crippen LogP contribution is 2.24. The van der Waals surface area contributed by atoms with E-state index in [4.69, 9.17) is 4.74 Å². The lowest BCUT2D eigenvalue weighted by atomic mass is 10.1. The smallest absolute Gasteiger partial charge is 0.267 e. The van der Waals surface area contributed by atoms with Crippen LogP contribution in [0, 0.1) is 32.1 Å². The van der Waals surface area contributed by atoms with Crippen molar-refractivity contribution in [3.8, 4) is 11.8 Å². The molecule has 0 fully saturated rings. The van der Waals surface area contributed by atoms with Gasteiger partial charge < -0.3 is 15.4 Å². The highest BCUT2D eigenvalue weighted by atomic mass is 16.5. The van der Waals surface area contributed by atoms with Crippen molar-refractivity contribution in [2.75, 3.05) is 17.7 Å². The van der Waals surface area contributed by atoms with Crippen LogP contribution in [0.3, 0.4) is 0 Å². The first kappa shape index (κ1) is 18.1. The van der Waals surface area contributed by atoms with Gasteiger partial charge >= 0.3 is 0 Å². The van der Waals surface area contributed by atoms with Crippen molar-refractivity contribution in [1.29, 1.82) is 5.26 Å². The molecule has 0 aliphatic heterocycles. The Morgan fingerprint density at radius 3 is 2.40 bits per heavy atom. The molecule has 0 atom stereocenters. The Balaban J connectivity index is 2.20. The molecule has 0 heterocycles. The lowest BCUT2D eigenvalue weighted by molar-refractivity contribution is -0.112. The molecule has 0 bridgehead atoms. The third kappa shape index (κ3) is 4.39. The van der Waals surface area contributed by atoms with Gasteiger partial charge in [0.15, 0.2) is 0 Å². The van der Waals surface area contributed by atoms with Crippen molar-refractivity contribution in [2.24, 2.45) is 0 Å². The van der Waals surface area contributed by atoms with Gasteiger partial charge in [0.05, 0.1) is 12.8 Å². The van der Waals surface area contributed by atoms with Crippen LogP contribution in [-0.2, 0) is 4.79 Å². The van der Waals surface area contributed by atoms with Crippen LogP contribution in [0.1, 0.15) is 16.7 Å². The maximum atomic E-state index is 12.4. The summed E-state index contributed by atoms with van der Waals surface area (Å²) in [5.74, 6) is 0.0354. The summed E-state index contributed by atoms with van der Waals surface area (Å²) in [7, 11) is 1.52. The monoisotopic (exact) mass is 335 g/mol. The van der Waals surface area contributed by atoms with E-state index in [9.17, 15) is 10.1 Å². The molecule has 0 spiro atoms. The van der Waals surface area contributed by atoms with Gasteiger partial charge in [-0.2, -0.15) is 5.26 Å². The number of hydrogen-bond acceptors (Lipinski definition) is 4. The quantitative estimate of drug-likeness (QED) is 0.638. The average molecular weight is 335 g/mol. The minimum absolute atomic E-state index is 0.0229. The fourth-order valence-corrected chi connectivity index (χ4v) is 2.64. The molecule has 0 aliphatic carbocycles. The highest BCUT2D eigenvalue weighted by molar-refractivity contribution is 6.07. The number of carbonyl (C=O) groups excluding carboxylic acids is 1. The molecule has 2 aromatic rings. The number of benzene rings is 2. The van der Waals surface area contributed by atoms with E-state index in [2.05, 4.69) is 10.6 Å². The molecule has 0 aliphatic rings. The lowest BCUT2D eigenvalue weighted by Crippen LogP contribution is -2.15. The number of nitrogens with one attached hydrogen (secondary N) is 2. The Bertz CT molecular complexity index is 840. The minimum atomic E-state index is -0.498. The van der Waals surface area contributed by atoms with Crippen LogP contribution in [0.25, 0.3) is 0 Å². The van der Waals surface area contributed by atoms with E-state index >= 15 is 0 Å². The van der Waals surface area contributed by atoms with Crippen LogP contribution in [0.4, 0.5) is 11.4 Å². The van der Waals surface area contributed by atoms with Gasteiger partial charge in [-0.05, 0) is 44.0 Å². The zero-order valence-corrected chi connectivity index (χ0v) is 14.8. The number of aryl methyl sites for hydroxylation is 3. The van der Waals surface area contributed by atoms with Crippen LogP contribution >= 0.6 is 0 Å². The summed E-state index contributed by atoms with van der Waals surface area (Å²) in [6.07, 6.45) is 1.43. The molecule has 0 aromatic heterocycles. The van der Waals surface area contributed by atoms with Gasteiger partial charge in [-0.1, -0.05) is 29.8 Å². The molecule has 2 N–H and O–H groups in total. The van der Waals surface area contributed by atoms with Crippen molar-refractivity contribution in [3.63, 3.8) is 0 Å². The molecule has 2 rings (SSSR count). The van der Waals surface area contributed by atoms with Crippen molar-refractivity contribution in [2.45, 2.75) is 20.8 Å². The topological polar surface area (TPSA) is 74.1 Å². The van der Waals surface area contributed by atoms with Crippen LogP contribution in [0.2, 0.25) is 0 Å². The van der Waals surface area contributed by atoms with Crippen LogP contribution in [0.5, 0.6) is 5.75 Å². The largest absolute Gasteiger partial charge is 0.495 e. The van der Waals surface area contributed by atoms with Crippen molar-refractivity contribution in [1.82, 2.24) is 0 Å². The zero-order chi connectivity index (χ0) is 18.4. The predicted octanol–water partition coefficient (Wildman–Crippen LogP) is 4.08. The van der Waals surface area contributed by atoms with Gasteiger partial charge in [0.25, 0.3) is 5.91 Å². The Morgan fingerprint density at radius 2 is 1.80 bits per heavy atom. The maximum absolute atomic E-state index is 12.4. The molecule has 128 valence electrons. The standard InChI is InChI=1S/C20H21N3O2/c1-13-9-14(2)19(15(3)10-13)22-12-16(11-21)20(24)23-17-7-5-6-8-18(17)25-4/h5-10,12,22H,1-4H3,(H,23,24)/b16-12-. The highest BCUT2D eigenvalue weighted by Gasteiger charge is 2.12. The minimum Gasteiger partial charge on any atom is -0.495 e. The van der Waals surface area contributed by atoms with Gasteiger partial charge in [0, 0.05) is 11.9 Å². The normalized spacial score (nSPS) is 10.8. The first-order valence-electron chi connectivity index (χ1n) is 7.85. The average Bonchev–Trinajstić information content (AvgIpc) is 2.57. The molecular weight excluding hydrogens is 314 g/mol. The van der Waals surface area contributed by atoms with Crippen molar-refractivity contribution < 1.29 is 9.53 Å². The Hall–Kier alpha value is -3.26. The van der Waals surface area contributed by atoms with Gasteiger partial charge in [-0.25, -0.2) is 0 Å². The summed E-state index contributed by atoms with van der Waals surface area (Å²) in [6.45, 7) is 6.00. The number of amides is 1. The zero-order valence-electron chi connectivity index (χ0n) is 14.8. The van der Waals surface area contributed by atoms with Crippen LogP contribution in [0.15, 0.2) is 48.2 Å². The van der Waals surface area contributed by atoms with E-state index < -0.39 is 5.91 Å². The number of carbonyl (C=O) groups is 1. The maximum Gasteiger partial charge on any atom is 0.267 e. The third-order valence-electron chi connectivity index (χ3n) is 3.76. The van der Waals surface area contributed by atoms with Crippen molar-refractivity contribution >= 4 is 17.3 Å². The first-order valence-corrected chi connectivity index (χ1v) is 7.85. The Kier molecular flexibility index (Phi) is 5.80. The second kappa shape index (κ2) is 8.02. The molecule has 0 unspecified atom stereocenters. The number of ether oxygens (including phenoxy) is 1. The van der Waals surface area contributed by atoms with Gasteiger partial charge in [0.1, 0.15) is 17.4 Å². The summed E-state index contributed by atoms with van der Waals surface area (Å²) in [5.41, 5.74) is 4.65. The number of rotatable bonds is 5. The number of nitrogens with zero attached hydrogens (tertiary/aromatic N) is 1. The summed E-state index contributed by atoms with van der Waals surface area (Å²) < 4.78 is 5.20. The Labute approximate surface area is 147 Å². The second-order valence-electron chi connectivity index (χ2n) is 5.74. The van der Waals surface area contributed by atoms with Crippen molar-refractivity contribution in [3.05, 3.63) is 64.9 Å². The van der Waals surface area contributed by atoms with Gasteiger partial charge in [0.2, 0.25) is 0 Å². The van der Waals surface area contributed by atoms with Gasteiger partial charge in [-0.3, -0.25) is 4.79 Å². The number of nitriles is 1. The summed E-state index contributed by atoms with van der Waals surface area (Å²) in [6, 6.07) is 13.1. The second-order valence-corrected chi connectivity index (χ2v) is 5.74. The van der Waals surface area contributed by atoms with Crippen LogP contribution < -0.4 is 15.4 Å². The molecule has 0 radical (unpaired) electrons. The lowest BCUT2D eigenvalue weighted by Gasteiger charge is -2.12. The fraction of sp³-hybridized carbons (Fsp3) is 0.200. The molecule has 0 saturated carbocycles. The molecule has 5 nitrogen and oxygen atoms in total. The van der Waals surface area contributed by atoms with E-state index in [1.807, 2.05) is 39.0 Å². The number of methoxy groups -OCH3 is 1. The number of anilines is 2. The molecule has 1 amide bonds. The number of para-hydroxylation sites is 2. The SMILES string of the molecule is COc1ccccc1NC(=O)/C(C#N)=C\Nc1c(C)cc(C)cc1C. The van der Waals surface area contributed by atoms with Crippen LogP contribution in [-0.4, -0.2) is 13.0 Å². The fourth-order valence-electron chi connectivity index (χ4n) is 2.64. The molecule has 0 saturated heterocycles. The number of hydrogen-bond donors (Lipinski definition) is 2. The first-order chi connectivity index (χ1) is 12.0. The van der Waals surface area contributed by atoms with E-state index in [1.165, 1.54) is 18.9 Å². The molecule has 25 heavy (non-hydrogen) atoms. The summed E-state index contributed by atoms with van der Waals surface area (Å²) in [4.78, 5) is 12.4. The van der Waals surface area contributed by atoms with E-state index in [-0.39, 0.29) is 5.57 Å².